The molecule has 0 fully saturated rings. The van der Waals surface area contributed by atoms with Crippen molar-refractivity contribution in [2.24, 2.45) is 0 Å². The Labute approximate surface area is 112 Å². The minimum atomic E-state index is -0.556. The van der Waals surface area contributed by atoms with Crippen molar-refractivity contribution in [2.45, 2.75) is 0 Å². The summed E-state index contributed by atoms with van der Waals surface area (Å²) in [6, 6.07) is 17.3. The molecule has 0 saturated heterocycles. The Kier molecular flexibility index (Phi) is 6.59. The van der Waals surface area contributed by atoms with Crippen LogP contribution >= 0.6 is 18.6 Å². The number of phenolic OH excluding ortho intramolecular Hbond substituents is 1. The van der Waals surface area contributed by atoms with Crippen molar-refractivity contribution >= 4 is 18.6 Å². The van der Waals surface area contributed by atoms with Gasteiger partial charge < -0.3 is 5.11 Å². The van der Waals surface area contributed by atoms with Gasteiger partial charge in [-0.05, 0) is 23.3 Å². The Morgan fingerprint density at radius 2 is 1.38 bits per heavy atom. The maximum absolute atomic E-state index is 9.27. The van der Waals surface area contributed by atoms with Crippen molar-refractivity contribution in [3.8, 4) is 16.9 Å². The fraction of sp³-hybridized carbons (Fsp3) is 0. The average Bonchev–Trinajstić information content (AvgIpc) is 2.31. The van der Waals surface area contributed by atoms with E-state index in [1.807, 2.05) is 42.5 Å². The summed E-state index contributed by atoms with van der Waals surface area (Å²) in [5, 5.41) is 9.27. The third kappa shape index (κ3) is 4.59. The fourth-order valence-corrected chi connectivity index (χ4v) is 1.32. The molecule has 0 aliphatic carbocycles. The van der Waals surface area contributed by atoms with Crippen LogP contribution in [-0.4, -0.2) is 5.11 Å². The van der Waals surface area contributed by atoms with Crippen LogP contribution in [-0.2, 0) is 17.0 Å². The number of benzene rings is 2. The molecule has 2 rings (SSSR count). The zero-order valence-electron chi connectivity index (χ0n) is 8.40. The van der Waals surface area contributed by atoms with Crippen molar-refractivity contribution in [3.05, 3.63) is 54.6 Å². The minimum absolute atomic E-state index is 0.307. The van der Waals surface area contributed by atoms with Gasteiger partial charge in [0.25, 0.3) is 0 Å². The summed E-state index contributed by atoms with van der Waals surface area (Å²) in [6.45, 7) is 0. The van der Waals surface area contributed by atoms with Crippen LogP contribution in [0.15, 0.2) is 54.6 Å². The van der Waals surface area contributed by atoms with Gasteiger partial charge in [-0.2, -0.15) is 0 Å². The van der Waals surface area contributed by atoms with Crippen LogP contribution in [0, 0.1) is 0 Å². The molecule has 0 heterocycles. The third-order valence-corrected chi connectivity index (χ3v) is 1.95. The summed E-state index contributed by atoms with van der Waals surface area (Å²) in [4.78, 5) is 0. The third-order valence-electron chi connectivity index (χ3n) is 1.95. The van der Waals surface area contributed by atoms with E-state index in [-0.39, 0.29) is 0 Å². The van der Waals surface area contributed by atoms with E-state index in [0.29, 0.717) is 5.75 Å². The Balaban J connectivity index is 0.000000386. The van der Waals surface area contributed by atoms with Crippen LogP contribution in [0.25, 0.3) is 11.1 Å². The van der Waals surface area contributed by atoms with Gasteiger partial charge in [-0.25, -0.2) is 0 Å². The van der Waals surface area contributed by atoms with E-state index < -0.39 is 17.0 Å². The number of rotatable bonds is 1. The topological polar surface area (TPSA) is 20.2 Å². The second kappa shape index (κ2) is 7.75. The van der Waals surface area contributed by atoms with Gasteiger partial charge in [-0.3, -0.25) is 0 Å². The fourth-order valence-electron chi connectivity index (χ4n) is 1.32. The van der Waals surface area contributed by atoms with Crippen molar-refractivity contribution in [1.82, 2.24) is 0 Å². The van der Waals surface area contributed by atoms with Crippen molar-refractivity contribution in [1.29, 1.82) is 0 Å². The summed E-state index contributed by atoms with van der Waals surface area (Å²) in [7, 11) is 9.78. The number of halogens is 2. The normalized spacial score (nSPS) is 8.88. The van der Waals surface area contributed by atoms with Crippen LogP contribution in [0.1, 0.15) is 0 Å². The molecule has 16 heavy (non-hydrogen) atoms. The van der Waals surface area contributed by atoms with E-state index in [2.05, 4.69) is 0 Å². The van der Waals surface area contributed by atoms with E-state index in [9.17, 15) is 5.11 Å². The summed E-state index contributed by atoms with van der Waals surface area (Å²) in [6.07, 6.45) is 0. The zero-order valence-corrected chi connectivity index (χ0v) is 11.5. The maximum atomic E-state index is 9.27. The summed E-state index contributed by atoms with van der Waals surface area (Å²) in [5.41, 5.74) is 2.17. The molecule has 0 radical (unpaired) electrons. The van der Waals surface area contributed by atoms with Crippen molar-refractivity contribution in [3.63, 3.8) is 0 Å². The Morgan fingerprint density at radius 3 is 1.94 bits per heavy atom. The Morgan fingerprint density at radius 1 is 0.812 bits per heavy atom. The molecule has 0 saturated carbocycles. The van der Waals surface area contributed by atoms with Crippen LogP contribution < -0.4 is 0 Å². The SMILES string of the molecule is Oc1cccc(-c2ccccc2)c1.[Cl][Ti][Cl]. The predicted molar refractivity (Wildman–Crippen MR) is 65.2 cm³/mol. The molecule has 82 valence electrons. The first-order chi connectivity index (χ1) is 7.77. The van der Waals surface area contributed by atoms with Gasteiger partial charge in [-0.1, -0.05) is 42.5 Å². The second-order valence-corrected chi connectivity index (χ2v) is 5.57. The molecule has 0 atom stereocenters. The van der Waals surface area contributed by atoms with Gasteiger partial charge in [0.15, 0.2) is 0 Å². The molecule has 0 bridgehead atoms. The van der Waals surface area contributed by atoms with E-state index in [1.54, 1.807) is 12.1 Å². The molecule has 0 aromatic heterocycles. The Hall–Kier alpha value is -0.466. The molecular formula is C12H10Cl2OTi. The first-order valence-corrected chi connectivity index (χ1v) is 8.88. The van der Waals surface area contributed by atoms with Crippen LogP contribution in [0.5, 0.6) is 5.75 Å². The number of phenols is 1. The van der Waals surface area contributed by atoms with E-state index in [4.69, 9.17) is 18.6 Å². The van der Waals surface area contributed by atoms with Gasteiger partial charge in [0.1, 0.15) is 5.75 Å². The number of hydrogen-bond acceptors (Lipinski definition) is 1. The predicted octanol–water partition coefficient (Wildman–Crippen LogP) is 4.44. The van der Waals surface area contributed by atoms with E-state index in [0.717, 1.165) is 11.1 Å². The van der Waals surface area contributed by atoms with Gasteiger partial charge in [0.2, 0.25) is 0 Å². The molecule has 2 aromatic rings. The first kappa shape index (κ1) is 13.6. The molecule has 0 amide bonds. The molecule has 1 N–H and O–H groups in total. The van der Waals surface area contributed by atoms with E-state index >= 15 is 0 Å². The first-order valence-electron chi connectivity index (χ1n) is 4.58. The monoisotopic (exact) mass is 288 g/mol. The molecule has 0 aliphatic rings. The second-order valence-electron chi connectivity index (χ2n) is 2.99. The standard InChI is InChI=1S/C12H10O.2ClH.Ti/c13-12-8-4-7-11(9-12)10-5-2-1-3-6-10;;;/h1-9,13H;2*1H;/q;;;+2/p-2. The van der Waals surface area contributed by atoms with Crippen molar-refractivity contribution < 1.29 is 22.1 Å². The molecule has 2 aromatic carbocycles. The van der Waals surface area contributed by atoms with Gasteiger partial charge in [-0.15, -0.1) is 0 Å². The average molecular weight is 289 g/mol. The van der Waals surface area contributed by atoms with Gasteiger partial charge in [0.05, 0.1) is 0 Å². The molecule has 4 heteroatoms. The van der Waals surface area contributed by atoms with Crippen LogP contribution in [0.3, 0.4) is 0 Å². The van der Waals surface area contributed by atoms with E-state index in [1.165, 1.54) is 0 Å². The molecular weight excluding hydrogens is 279 g/mol. The number of hydrogen-bond donors (Lipinski definition) is 1. The summed E-state index contributed by atoms with van der Waals surface area (Å²) >= 11 is -0.556. The van der Waals surface area contributed by atoms with Gasteiger partial charge in [0, 0.05) is 0 Å². The Bertz CT molecular complexity index is 420. The number of aromatic hydroxyl groups is 1. The van der Waals surface area contributed by atoms with Crippen molar-refractivity contribution in [2.75, 3.05) is 0 Å². The quantitative estimate of drug-likeness (QED) is 0.770. The summed E-state index contributed by atoms with van der Waals surface area (Å²) < 4.78 is 0. The van der Waals surface area contributed by atoms with Crippen LogP contribution in [0.2, 0.25) is 0 Å². The van der Waals surface area contributed by atoms with Gasteiger partial charge >= 0.3 is 35.6 Å². The van der Waals surface area contributed by atoms with Crippen LogP contribution in [0.4, 0.5) is 0 Å². The molecule has 1 nitrogen and oxygen atoms in total. The molecule has 0 unspecified atom stereocenters. The zero-order chi connectivity index (χ0) is 11.8. The molecule has 0 spiro atoms. The molecule has 0 aliphatic heterocycles. The summed E-state index contributed by atoms with van der Waals surface area (Å²) in [5.74, 6) is 0.307.